The molecule has 1 unspecified atom stereocenters. The van der Waals surface area contributed by atoms with Gasteiger partial charge in [-0.25, -0.2) is 9.78 Å². The number of carbonyl (C=O) groups is 1. The molecule has 4 nitrogen and oxygen atoms in total. The van der Waals surface area contributed by atoms with E-state index < -0.39 is 5.97 Å². The maximum atomic E-state index is 11.1. The highest BCUT2D eigenvalue weighted by molar-refractivity contribution is 7.98. The molecule has 0 fully saturated rings. The highest BCUT2D eigenvalue weighted by atomic mass is 32.2. The molecule has 1 aromatic heterocycles. The Bertz CT molecular complexity index is 550. The highest BCUT2D eigenvalue weighted by Gasteiger charge is 2.14. The van der Waals surface area contributed by atoms with Crippen LogP contribution >= 0.6 is 11.8 Å². The first-order valence-electron chi connectivity index (χ1n) is 5.33. The summed E-state index contributed by atoms with van der Waals surface area (Å²) in [6, 6.07) is 5.56. The average molecular weight is 250 g/mol. The van der Waals surface area contributed by atoms with Gasteiger partial charge in [-0.05, 0) is 25.3 Å². The first kappa shape index (κ1) is 12.0. The zero-order chi connectivity index (χ0) is 12.4. The molecule has 0 aliphatic rings. The van der Waals surface area contributed by atoms with Crippen LogP contribution in [0.15, 0.2) is 24.5 Å². The van der Waals surface area contributed by atoms with Crippen LogP contribution < -0.4 is 0 Å². The van der Waals surface area contributed by atoms with E-state index in [1.54, 1.807) is 30.2 Å². The molecule has 1 atom stereocenters. The summed E-state index contributed by atoms with van der Waals surface area (Å²) >= 11 is 1.76. The Morgan fingerprint density at radius 2 is 2.35 bits per heavy atom. The summed E-state index contributed by atoms with van der Waals surface area (Å²) in [5, 5.41) is 9.08. The molecule has 0 bridgehead atoms. The van der Waals surface area contributed by atoms with Crippen LogP contribution in [-0.2, 0) is 0 Å². The van der Waals surface area contributed by atoms with E-state index >= 15 is 0 Å². The van der Waals surface area contributed by atoms with E-state index in [0.717, 1.165) is 11.3 Å². The van der Waals surface area contributed by atoms with E-state index in [2.05, 4.69) is 18.2 Å². The number of thioether (sulfide) groups is 1. The summed E-state index contributed by atoms with van der Waals surface area (Å²) < 4.78 is 2.03. The van der Waals surface area contributed by atoms with Crippen molar-refractivity contribution in [2.75, 3.05) is 12.0 Å². The Morgan fingerprint density at radius 1 is 1.59 bits per heavy atom. The van der Waals surface area contributed by atoms with Gasteiger partial charge >= 0.3 is 5.97 Å². The van der Waals surface area contributed by atoms with Crippen LogP contribution in [0, 0.1) is 0 Å². The fraction of sp³-hybridized carbons (Fsp3) is 0.333. The van der Waals surface area contributed by atoms with E-state index in [-0.39, 0.29) is 5.56 Å². The number of carboxylic acid groups (broad SMARTS) is 1. The van der Waals surface area contributed by atoms with Crippen LogP contribution in [0.5, 0.6) is 0 Å². The smallest absolute Gasteiger partial charge is 0.337 e. The molecule has 0 radical (unpaired) electrons. The molecule has 0 aliphatic carbocycles. The maximum Gasteiger partial charge on any atom is 0.337 e. The van der Waals surface area contributed by atoms with Crippen molar-refractivity contribution < 1.29 is 9.90 Å². The van der Waals surface area contributed by atoms with Crippen molar-refractivity contribution in [1.29, 1.82) is 0 Å². The molecule has 1 heterocycles. The number of para-hydroxylation sites is 1. The second kappa shape index (κ2) is 4.79. The fourth-order valence-corrected chi connectivity index (χ4v) is 2.55. The van der Waals surface area contributed by atoms with Gasteiger partial charge in [-0.3, -0.25) is 0 Å². The molecule has 90 valence electrons. The first-order chi connectivity index (χ1) is 8.15. The Labute approximate surface area is 104 Å². The minimum atomic E-state index is -0.932. The minimum absolute atomic E-state index is 0.262. The minimum Gasteiger partial charge on any atom is -0.478 e. The van der Waals surface area contributed by atoms with Crippen molar-refractivity contribution >= 4 is 28.8 Å². The molecule has 0 spiro atoms. The summed E-state index contributed by atoms with van der Waals surface area (Å²) in [6.07, 6.45) is 3.77. The van der Waals surface area contributed by atoms with Gasteiger partial charge < -0.3 is 9.67 Å². The topological polar surface area (TPSA) is 55.1 Å². The Kier molecular flexibility index (Phi) is 3.38. The van der Waals surface area contributed by atoms with Gasteiger partial charge in [-0.15, -0.1) is 0 Å². The normalized spacial score (nSPS) is 12.8. The van der Waals surface area contributed by atoms with Gasteiger partial charge in [0.2, 0.25) is 0 Å². The lowest BCUT2D eigenvalue weighted by atomic mass is 10.2. The van der Waals surface area contributed by atoms with Gasteiger partial charge in [0, 0.05) is 11.8 Å². The highest BCUT2D eigenvalue weighted by Crippen LogP contribution is 2.22. The van der Waals surface area contributed by atoms with Crippen molar-refractivity contribution in [3.05, 3.63) is 30.1 Å². The SMILES string of the molecule is CSCC(C)n1cnc2c(C(=O)O)cccc21. The van der Waals surface area contributed by atoms with Gasteiger partial charge in [0.25, 0.3) is 0 Å². The third-order valence-corrected chi connectivity index (χ3v) is 3.53. The number of nitrogens with zero attached hydrogens (tertiary/aromatic N) is 2. The molecule has 2 rings (SSSR count). The summed E-state index contributed by atoms with van der Waals surface area (Å²) in [4.78, 5) is 15.3. The molecule has 0 saturated carbocycles. The van der Waals surface area contributed by atoms with Crippen LogP contribution in [0.2, 0.25) is 0 Å². The van der Waals surface area contributed by atoms with Crippen molar-refractivity contribution in [3.8, 4) is 0 Å². The van der Waals surface area contributed by atoms with E-state index in [4.69, 9.17) is 5.11 Å². The second-order valence-electron chi connectivity index (χ2n) is 3.93. The molecular formula is C12H14N2O2S. The summed E-state index contributed by atoms with van der Waals surface area (Å²) in [7, 11) is 0. The maximum absolute atomic E-state index is 11.1. The first-order valence-corrected chi connectivity index (χ1v) is 6.72. The van der Waals surface area contributed by atoms with Crippen molar-refractivity contribution in [1.82, 2.24) is 9.55 Å². The van der Waals surface area contributed by atoms with Gasteiger partial charge in [0.1, 0.15) is 5.52 Å². The quantitative estimate of drug-likeness (QED) is 0.906. The van der Waals surface area contributed by atoms with Gasteiger partial charge in [0.05, 0.1) is 17.4 Å². The molecule has 1 N–H and O–H groups in total. The third-order valence-electron chi connectivity index (χ3n) is 2.72. The molecule has 1 aromatic carbocycles. The summed E-state index contributed by atoms with van der Waals surface area (Å²) in [5.74, 6) is 0.0429. The number of aromatic carboxylic acids is 1. The van der Waals surface area contributed by atoms with Crippen LogP contribution in [0.25, 0.3) is 11.0 Å². The number of aromatic nitrogens is 2. The molecule has 5 heteroatoms. The lowest BCUT2D eigenvalue weighted by Crippen LogP contribution is -2.06. The predicted molar refractivity (Wildman–Crippen MR) is 69.8 cm³/mol. The zero-order valence-corrected chi connectivity index (χ0v) is 10.6. The predicted octanol–water partition coefficient (Wildman–Crippen LogP) is 2.66. The number of benzene rings is 1. The number of carboxylic acids is 1. The molecule has 0 saturated heterocycles. The number of hydrogen-bond donors (Lipinski definition) is 1. The van der Waals surface area contributed by atoms with Crippen LogP contribution in [0.3, 0.4) is 0 Å². The Balaban J connectivity index is 2.54. The van der Waals surface area contributed by atoms with E-state index in [1.165, 1.54) is 0 Å². The third kappa shape index (κ3) is 2.15. The van der Waals surface area contributed by atoms with Crippen LogP contribution in [0.4, 0.5) is 0 Å². The summed E-state index contributed by atoms with van der Waals surface area (Å²) in [5.41, 5.74) is 1.71. The molecule has 0 amide bonds. The van der Waals surface area contributed by atoms with Gasteiger partial charge in [-0.2, -0.15) is 11.8 Å². The van der Waals surface area contributed by atoms with Crippen molar-refractivity contribution in [2.24, 2.45) is 0 Å². The lowest BCUT2D eigenvalue weighted by molar-refractivity contribution is 0.0699. The van der Waals surface area contributed by atoms with Crippen molar-refractivity contribution in [3.63, 3.8) is 0 Å². The van der Waals surface area contributed by atoms with E-state index in [1.807, 2.05) is 10.6 Å². The monoisotopic (exact) mass is 250 g/mol. The molecular weight excluding hydrogens is 236 g/mol. The van der Waals surface area contributed by atoms with Gasteiger partial charge in [-0.1, -0.05) is 6.07 Å². The van der Waals surface area contributed by atoms with Crippen LogP contribution in [0.1, 0.15) is 23.3 Å². The standard InChI is InChI=1S/C12H14N2O2S/c1-8(6-17-2)14-7-13-11-9(12(15)16)4-3-5-10(11)14/h3-5,7-8H,6H2,1-2H3,(H,15,16). The second-order valence-corrected chi connectivity index (χ2v) is 4.85. The van der Waals surface area contributed by atoms with E-state index in [9.17, 15) is 4.79 Å². The number of imidazole rings is 1. The number of rotatable bonds is 4. The Hall–Kier alpha value is -1.49. The molecule has 17 heavy (non-hydrogen) atoms. The Morgan fingerprint density at radius 3 is 3.00 bits per heavy atom. The fourth-order valence-electron chi connectivity index (χ4n) is 1.90. The molecule has 2 aromatic rings. The van der Waals surface area contributed by atoms with Crippen LogP contribution in [-0.4, -0.2) is 32.6 Å². The zero-order valence-electron chi connectivity index (χ0n) is 9.75. The average Bonchev–Trinajstić information content (AvgIpc) is 2.72. The van der Waals surface area contributed by atoms with E-state index in [0.29, 0.717) is 11.6 Å². The van der Waals surface area contributed by atoms with Gasteiger partial charge in [0.15, 0.2) is 0 Å². The number of hydrogen-bond acceptors (Lipinski definition) is 3. The number of fused-ring (bicyclic) bond motifs is 1. The largest absolute Gasteiger partial charge is 0.478 e. The summed E-state index contributed by atoms with van der Waals surface area (Å²) in [6.45, 7) is 2.10. The molecule has 0 aliphatic heterocycles. The van der Waals surface area contributed by atoms with Crippen molar-refractivity contribution in [2.45, 2.75) is 13.0 Å². The lowest BCUT2D eigenvalue weighted by Gasteiger charge is -2.12.